The Morgan fingerprint density at radius 3 is 2.85 bits per heavy atom. The van der Waals surface area contributed by atoms with Crippen LogP contribution in [0.1, 0.15) is 36.6 Å². The van der Waals surface area contributed by atoms with E-state index < -0.39 is 0 Å². The van der Waals surface area contributed by atoms with Gasteiger partial charge in [0.1, 0.15) is 0 Å². The minimum absolute atomic E-state index is 0.317. The van der Waals surface area contributed by atoms with Crippen molar-refractivity contribution >= 4 is 0 Å². The van der Waals surface area contributed by atoms with Crippen LogP contribution in [-0.4, -0.2) is 43.8 Å². The number of nitrogens with one attached hydrogen (secondary N) is 1. The van der Waals surface area contributed by atoms with Crippen molar-refractivity contribution in [2.24, 2.45) is 0 Å². The highest BCUT2D eigenvalue weighted by Gasteiger charge is 2.19. The van der Waals surface area contributed by atoms with Crippen LogP contribution in [0.3, 0.4) is 0 Å². The van der Waals surface area contributed by atoms with Gasteiger partial charge in [0, 0.05) is 25.7 Å². The molecule has 0 saturated carbocycles. The van der Waals surface area contributed by atoms with Gasteiger partial charge in [-0.2, -0.15) is 0 Å². The molecule has 2 unspecified atom stereocenters. The number of hydrogen-bond acceptors (Lipinski definition) is 3. The van der Waals surface area contributed by atoms with Crippen LogP contribution >= 0.6 is 0 Å². The largest absolute Gasteiger partial charge is 0.374 e. The first-order chi connectivity index (χ1) is 9.60. The monoisotopic (exact) mass is 276 g/mol. The van der Waals surface area contributed by atoms with Crippen molar-refractivity contribution in [2.45, 2.75) is 39.8 Å². The molecule has 1 aromatic rings. The number of benzene rings is 1. The summed E-state index contributed by atoms with van der Waals surface area (Å²) in [5.41, 5.74) is 4.08. The molecule has 1 heterocycles. The fraction of sp³-hybridized carbons (Fsp3) is 0.647. The molecule has 1 saturated heterocycles. The van der Waals surface area contributed by atoms with E-state index in [9.17, 15) is 0 Å². The Labute approximate surface area is 123 Å². The number of rotatable bonds is 5. The zero-order valence-electron chi connectivity index (χ0n) is 13.3. The van der Waals surface area contributed by atoms with E-state index in [1.807, 2.05) is 0 Å². The van der Waals surface area contributed by atoms with E-state index in [1.54, 1.807) is 0 Å². The summed E-state index contributed by atoms with van der Waals surface area (Å²) in [5.74, 6) is 0. The molecule has 0 aromatic heterocycles. The minimum Gasteiger partial charge on any atom is -0.374 e. The Kier molecular flexibility index (Phi) is 5.58. The third-order valence-corrected chi connectivity index (χ3v) is 4.35. The van der Waals surface area contributed by atoms with Crippen molar-refractivity contribution in [3.8, 4) is 0 Å². The standard InChI is InChI=1S/C17H28N2O/c1-5-19-8-9-20-17(12-19)11-18-15(4)16-7-6-13(2)14(3)10-16/h6-7,10,15,17-18H,5,8-9,11-12H2,1-4H3. The topological polar surface area (TPSA) is 24.5 Å². The number of hydrogen-bond donors (Lipinski definition) is 1. The van der Waals surface area contributed by atoms with E-state index >= 15 is 0 Å². The number of likely N-dealkylation sites (N-methyl/N-ethyl adjacent to an activating group) is 1. The second kappa shape index (κ2) is 7.21. The van der Waals surface area contributed by atoms with E-state index in [0.29, 0.717) is 12.1 Å². The lowest BCUT2D eigenvalue weighted by molar-refractivity contribution is -0.0262. The number of ether oxygens (including phenoxy) is 1. The van der Waals surface area contributed by atoms with Gasteiger partial charge in [-0.25, -0.2) is 0 Å². The first kappa shape index (κ1) is 15.5. The minimum atomic E-state index is 0.317. The number of nitrogens with zero attached hydrogens (tertiary/aromatic N) is 1. The molecule has 3 heteroatoms. The molecule has 1 fully saturated rings. The summed E-state index contributed by atoms with van der Waals surface area (Å²) in [5, 5.41) is 3.61. The summed E-state index contributed by atoms with van der Waals surface area (Å²) in [7, 11) is 0. The summed E-state index contributed by atoms with van der Waals surface area (Å²) in [4.78, 5) is 2.45. The molecular weight excluding hydrogens is 248 g/mol. The van der Waals surface area contributed by atoms with Gasteiger partial charge in [-0.05, 0) is 44.0 Å². The summed E-state index contributed by atoms with van der Waals surface area (Å²) in [6.45, 7) is 13.8. The van der Waals surface area contributed by atoms with Crippen molar-refractivity contribution in [2.75, 3.05) is 32.8 Å². The quantitative estimate of drug-likeness (QED) is 0.895. The van der Waals surface area contributed by atoms with Gasteiger partial charge in [-0.1, -0.05) is 25.1 Å². The van der Waals surface area contributed by atoms with Crippen LogP contribution in [0, 0.1) is 13.8 Å². The molecule has 1 aliphatic rings. The smallest absolute Gasteiger partial charge is 0.0826 e. The van der Waals surface area contributed by atoms with Crippen LogP contribution in [0.25, 0.3) is 0 Å². The van der Waals surface area contributed by atoms with Gasteiger partial charge in [0.05, 0.1) is 12.7 Å². The van der Waals surface area contributed by atoms with Crippen molar-refractivity contribution in [3.63, 3.8) is 0 Å². The maximum Gasteiger partial charge on any atom is 0.0826 e. The summed E-state index contributed by atoms with van der Waals surface area (Å²) >= 11 is 0. The molecule has 2 atom stereocenters. The highest BCUT2D eigenvalue weighted by atomic mass is 16.5. The van der Waals surface area contributed by atoms with Crippen molar-refractivity contribution in [1.29, 1.82) is 0 Å². The van der Waals surface area contributed by atoms with E-state index in [1.165, 1.54) is 16.7 Å². The highest BCUT2D eigenvalue weighted by Crippen LogP contribution is 2.17. The fourth-order valence-electron chi connectivity index (χ4n) is 2.65. The average molecular weight is 276 g/mol. The van der Waals surface area contributed by atoms with Crippen molar-refractivity contribution in [3.05, 3.63) is 34.9 Å². The lowest BCUT2D eigenvalue weighted by Gasteiger charge is -2.32. The Morgan fingerprint density at radius 1 is 1.35 bits per heavy atom. The lowest BCUT2D eigenvalue weighted by atomic mass is 10.0. The molecule has 0 spiro atoms. The first-order valence-electron chi connectivity index (χ1n) is 7.74. The van der Waals surface area contributed by atoms with E-state index in [-0.39, 0.29) is 0 Å². The van der Waals surface area contributed by atoms with Crippen LogP contribution < -0.4 is 5.32 Å². The second-order valence-electron chi connectivity index (χ2n) is 5.86. The van der Waals surface area contributed by atoms with Crippen LogP contribution in [0.4, 0.5) is 0 Å². The summed E-state index contributed by atoms with van der Waals surface area (Å²) in [6, 6.07) is 7.08. The van der Waals surface area contributed by atoms with Crippen LogP contribution in [-0.2, 0) is 4.74 Å². The van der Waals surface area contributed by atoms with Gasteiger partial charge in [0.15, 0.2) is 0 Å². The number of morpholine rings is 1. The molecule has 112 valence electrons. The molecule has 2 rings (SSSR count). The van der Waals surface area contributed by atoms with Crippen molar-refractivity contribution in [1.82, 2.24) is 10.2 Å². The maximum absolute atomic E-state index is 5.83. The summed E-state index contributed by atoms with van der Waals surface area (Å²) in [6.07, 6.45) is 0.317. The Bertz CT molecular complexity index is 433. The zero-order chi connectivity index (χ0) is 14.5. The molecule has 0 amide bonds. The molecule has 1 aromatic carbocycles. The average Bonchev–Trinajstić information content (AvgIpc) is 2.47. The Balaban J connectivity index is 1.85. The van der Waals surface area contributed by atoms with Gasteiger partial charge in [0.25, 0.3) is 0 Å². The van der Waals surface area contributed by atoms with Crippen LogP contribution in [0.15, 0.2) is 18.2 Å². The van der Waals surface area contributed by atoms with Crippen LogP contribution in [0.5, 0.6) is 0 Å². The predicted octanol–water partition coefficient (Wildman–Crippen LogP) is 2.67. The van der Waals surface area contributed by atoms with Gasteiger partial charge in [-0.3, -0.25) is 4.90 Å². The lowest BCUT2D eigenvalue weighted by Crippen LogP contribution is -2.46. The molecule has 1 N–H and O–H groups in total. The second-order valence-corrected chi connectivity index (χ2v) is 5.86. The van der Waals surface area contributed by atoms with E-state index in [4.69, 9.17) is 4.74 Å². The van der Waals surface area contributed by atoms with Gasteiger partial charge in [0.2, 0.25) is 0 Å². The summed E-state index contributed by atoms with van der Waals surface area (Å²) < 4.78 is 5.83. The van der Waals surface area contributed by atoms with E-state index in [2.05, 4.69) is 56.1 Å². The van der Waals surface area contributed by atoms with Gasteiger partial charge in [-0.15, -0.1) is 0 Å². The third-order valence-electron chi connectivity index (χ3n) is 4.35. The van der Waals surface area contributed by atoms with Gasteiger partial charge >= 0.3 is 0 Å². The van der Waals surface area contributed by atoms with Crippen LogP contribution in [0.2, 0.25) is 0 Å². The number of aryl methyl sites for hydroxylation is 2. The molecule has 20 heavy (non-hydrogen) atoms. The molecule has 0 aliphatic carbocycles. The van der Waals surface area contributed by atoms with Gasteiger partial charge < -0.3 is 10.1 Å². The molecule has 3 nitrogen and oxygen atoms in total. The van der Waals surface area contributed by atoms with E-state index in [0.717, 1.165) is 32.8 Å². The zero-order valence-corrected chi connectivity index (χ0v) is 13.3. The highest BCUT2D eigenvalue weighted by molar-refractivity contribution is 5.31. The molecule has 0 bridgehead atoms. The third kappa shape index (κ3) is 4.05. The molecule has 1 aliphatic heterocycles. The normalized spacial score (nSPS) is 21.9. The fourth-order valence-corrected chi connectivity index (χ4v) is 2.65. The molecular formula is C17H28N2O. The Hall–Kier alpha value is -0.900. The van der Waals surface area contributed by atoms with Crippen molar-refractivity contribution < 1.29 is 4.74 Å². The SMILES string of the molecule is CCN1CCOC(CNC(C)c2ccc(C)c(C)c2)C1. The first-order valence-corrected chi connectivity index (χ1v) is 7.74. The maximum atomic E-state index is 5.83. The predicted molar refractivity (Wildman–Crippen MR) is 84.2 cm³/mol. The Morgan fingerprint density at radius 2 is 2.15 bits per heavy atom. The molecule has 0 radical (unpaired) electrons.